The maximum atomic E-state index is 12.2. The van der Waals surface area contributed by atoms with Crippen LogP contribution in [0.15, 0.2) is 0 Å². The van der Waals surface area contributed by atoms with Gasteiger partial charge in [0.15, 0.2) is 0 Å². The van der Waals surface area contributed by atoms with Gasteiger partial charge >= 0.3 is 5.97 Å². The van der Waals surface area contributed by atoms with Crippen molar-refractivity contribution in [3.05, 3.63) is 0 Å². The summed E-state index contributed by atoms with van der Waals surface area (Å²) in [5, 5.41) is 3.30. The first-order valence-corrected chi connectivity index (χ1v) is 8.00. The van der Waals surface area contributed by atoms with E-state index in [9.17, 15) is 4.79 Å². The van der Waals surface area contributed by atoms with E-state index in [4.69, 9.17) is 14.2 Å². The zero-order chi connectivity index (χ0) is 16.3. The number of hydrogen-bond donors (Lipinski definition) is 1. The molecule has 0 aliphatic rings. The molecule has 0 saturated heterocycles. The Balaban J connectivity index is 4.35. The van der Waals surface area contributed by atoms with Gasteiger partial charge in [0.05, 0.1) is 25.9 Å². The van der Waals surface area contributed by atoms with Crippen LogP contribution >= 0.6 is 0 Å². The molecule has 126 valence electrons. The van der Waals surface area contributed by atoms with Gasteiger partial charge in [-0.25, -0.2) is 0 Å². The summed E-state index contributed by atoms with van der Waals surface area (Å²) in [6.07, 6.45) is 1.53. The van der Waals surface area contributed by atoms with E-state index in [0.717, 1.165) is 13.0 Å². The fraction of sp³-hybridized carbons (Fsp3) is 0.938. The van der Waals surface area contributed by atoms with Crippen LogP contribution < -0.4 is 5.32 Å². The fourth-order valence-corrected chi connectivity index (χ4v) is 2.32. The van der Waals surface area contributed by atoms with Crippen LogP contribution in [0.5, 0.6) is 0 Å². The molecule has 5 heteroatoms. The summed E-state index contributed by atoms with van der Waals surface area (Å²) in [6, 6.07) is 0.194. The molecule has 1 N–H and O–H groups in total. The molecule has 0 aromatic heterocycles. The highest BCUT2D eigenvalue weighted by Crippen LogP contribution is 2.18. The van der Waals surface area contributed by atoms with E-state index < -0.39 is 5.54 Å². The lowest BCUT2D eigenvalue weighted by Gasteiger charge is -2.32. The van der Waals surface area contributed by atoms with Gasteiger partial charge in [0.1, 0.15) is 5.54 Å². The normalized spacial score (nSPS) is 15.8. The van der Waals surface area contributed by atoms with Crippen LogP contribution in [0, 0.1) is 0 Å². The smallest absolute Gasteiger partial charge is 0.326 e. The first kappa shape index (κ1) is 20.3. The molecule has 21 heavy (non-hydrogen) atoms. The molecular weight excluding hydrogens is 270 g/mol. The van der Waals surface area contributed by atoms with Crippen molar-refractivity contribution >= 4 is 5.97 Å². The van der Waals surface area contributed by atoms with E-state index in [1.807, 2.05) is 34.6 Å². The molecule has 0 aliphatic carbocycles. The van der Waals surface area contributed by atoms with E-state index in [-0.39, 0.29) is 18.1 Å². The second kappa shape index (κ2) is 11.0. The van der Waals surface area contributed by atoms with Gasteiger partial charge in [-0.15, -0.1) is 0 Å². The Morgan fingerprint density at radius 1 is 1.14 bits per heavy atom. The van der Waals surface area contributed by atoms with Crippen LogP contribution in [-0.2, 0) is 19.0 Å². The molecule has 0 heterocycles. The van der Waals surface area contributed by atoms with Gasteiger partial charge in [0.2, 0.25) is 0 Å². The predicted octanol–water partition coefficient (Wildman–Crippen LogP) is 2.53. The summed E-state index contributed by atoms with van der Waals surface area (Å²) in [5.41, 5.74) is -0.728. The molecule has 0 aromatic rings. The highest BCUT2D eigenvalue weighted by molar-refractivity contribution is 5.80. The SMILES string of the molecule is CCCOCCOC(C)CC(C)(NC(C)C)C(=O)OCC. The van der Waals surface area contributed by atoms with Crippen molar-refractivity contribution in [2.24, 2.45) is 0 Å². The van der Waals surface area contributed by atoms with Crippen molar-refractivity contribution < 1.29 is 19.0 Å². The van der Waals surface area contributed by atoms with Crippen LogP contribution in [0.4, 0.5) is 0 Å². The molecule has 2 atom stereocenters. The molecule has 0 spiro atoms. The summed E-state index contributed by atoms with van der Waals surface area (Å²) in [6.45, 7) is 14.0. The summed E-state index contributed by atoms with van der Waals surface area (Å²) in [5.74, 6) is -0.226. The third-order valence-electron chi connectivity index (χ3n) is 3.01. The minimum atomic E-state index is -0.728. The third-order valence-corrected chi connectivity index (χ3v) is 3.01. The summed E-state index contributed by atoms with van der Waals surface area (Å²) in [7, 11) is 0. The second-order valence-electron chi connectivity index (χ2n) is 5.85. The average molecular weight is 303 g/mol. The quantitative estimate of drug-likeness (QED) is 0.443. The molecule has 0 rings (SSSR count). The van der Waals surface area contributed by atoms with Gasteiger partial charge in [-0.1, -0.05) is 6.92 Å². The van der Waals surface area contributed by atoms with Crippen molar-refractivity contribution in [1.29, 1.82) is 0 Å². The Morgan fingerprint density at radius 2 is 1.81 bits per heavy atom. The first-order valence-electron chi connectivity index (χ1n) is 8.00. The zero-order valence-corrected chi connectivity index (χ0v) is 14.5. The Morgan fingerprint density at radius 3 is 2.33 bits per heavy atom. The maximum Gasteiger partial charge on any atom is 0.326 e. The summed E-state index contributed by atoms with van der Waals surface area (Å²) >= 11 is 0. The van der Waals surface area contributed by atoms with E-state index in [1.165, 1.54) is 0 Å². The first-order chi connectivity index (χ1) is 9.85. The number of carbonyl (C=O) groups excluding carboxylic acids is 1. The second-order valence-corrected chi connectivity index (χ2v) is 5.85. The van der Waals surface area contributed by atoms with Crippen molar-refractivity contribution in [3.8, 4) is 0 Å². The number of rotatable bonds is 12. The van der Waals surface area contributed by atoms with Crippen LogP contribution in [0.2, 0.25) is 0 Å². The third kappa shape index (κ3) is 9.06. The van der Waals surface area contributed by atoms with Gasteiger partial charge < -0.3 is 14.2 Å². The van der Waals surface area contributed by atoms with Crippen molar-refractivity contribution in [2.75, 3.05) is 26.4 Å². The number of hydrogen-bond acceptors (Lipinski definition) is 5. The Labute approximate surface area is 129 Å². The fourth-order valence-electron chi connectivity index (χ4n) is 2.32. The van der Waals surface area contributed by atoms with Crippen molar-refractivity contribution in [3.63, 3.8) is 0 Å². The minimum absolute atomic E-state index is 0.0455. The topological polar surface area (TPSA) is 56.8 Å². The number of nitrogens with one attached hydrogen (secondary N) is 1. The van der Waals surface area contributed by atoms with Crippen molar-refractivity contribution in [2.45, 2.75) is 72.1 Å². The van der Waals surface area contributed by atoms with Gasteiger partial charge in [0, 0.05) is 19.1 Å². The Bertz CT molecular complexity index is 283. The lowest BCUT2D eigenvalue weighted by molar-refractivity contribution is -0.152. The summed E-state index contributed by atoms with van der Waals surface area (Å²) < 4.78 is 16.3. The van der Waals surface area contributed by atoms with Gasteiger partial charge in [-0.2, -0.15) is 0 Å². The highest BCUT2D eigenvalue weighted by atomic mass is 16.5. The van der Waals surface area contributed by atoms with Gasteiger partial charge in [0.25, 0.3) is 0 Å². The van der Waals surface area contributed by atoms with Crippen LogP contribution in [-0.4, -0.2) is 50.1 Å². The Hall–Kier alpha value is -0.650. The van der Waals surface area contributed by atoms with E-state index in [1.54, 1.807) is 0 Å². The van der Waals surface area contributed by atoms with E-state index in [2.05, 4.69) is 12.2 Å². The monoisotopic (exact) mass is 303 g/mol. The van der Waals surface area contributed by atoms with E-state index >= 15 is 0 Å². The largest absolute Gasteiger partial charge is 0.465 e. The van der Waals surface area contributed by atoms with E-state index in [0.29, 0.717) is 26.2 Å². The lowest BCUT2D eigenvalue weighted by atomic mass is 9.93. The molecular formula is C16H33NO4. The van der Waals surface area contributed by atoms with Gasteiger partial charge in [-0.05, 0) is 41.0 Å². The minimum Gasteiger partial charge on any atom is -0.465 e. The lowest BCUT2D eigenvalue weighted by Crippen LogP contribution is -2.55. The van der Waals surface area contributed by atoms with Crippen LogP contribution in [0.3, 0.4) is 0 Å². The highest BCUT2D eigenvalue weighted by Gasteiger charge is 2.36. The zero-order valence-electron chi connectivity index (χ0n) is 14.5. The Kier molecular flexibility index (Phi) is 10.6. The predicted molar refractivity (Wildman–Crippen MR) is 84.5 cm³/mol. The molecule has 5 nitrogen and oxygen atoms in total. The molecule has 0 radical (unpaired) electrons. The maximum absolute atomic E-state index is 12.2. The number of carbonyl (C=O) groups is 1. The molecule has 0 amide bonds. The summed E-state index contributed by atoms with van der Waals surface area (Å²) in [4.78, 5) is 12.2. The van der Waals surface area contributed by atoms with Crippen molar-refractivity contribution in [1.82, 2.24) is 5.32 Å². The number of esters is 1. The molecule has 0 aromatic carbocycles. The van der Waals surface area contributed by atoms with Crippen LogP contribution in [0.25, 0.3) is 0 Å². The molecule has 0 aliphatic heterocycles. The standard InChI is InChI=1S/C16H33NO4/c1-7-9-19-10-11-21-14(5)12-16(6,17-13(3)4)15(18)20-8-2/h13-14,17H,7-12H2,1-6H3. The number of ether oxygens (including phenoxy) is 3. The molecule has 2 unspecified atom stereocenters. The molecule has 0 fully saturated rings. The van der Waals surface area contributed by atoms with Gasteiger partial charge in [-0.3, -0.25) is 10.1 Å². The average Bonchev–Trinajstić information content (AvgIpc) is 2.37. The van der Waals surface area contributed by atoms with Crippen LogP contribution in [0.1, 0.15) is 54.4 Å². The molecule has 0 bridgehead atoms. The molecule has 0 saturated carbocycles.